The first-order chi connectivity index (χ1) is 8.78. The van der Waals surface area contributed by atoms with E-state index < -0.39 is 6.36 Å². The highest BCUT2D eigenvalue weighted by molar-refractivity contribution is 9.10. The Balaban J connectivity index is 2.54. The number of rotatable bonds is 6. The van der Waals surface area contributed by atoms with E-state index in [-0.39, 0.29) is 10.2 Å². The van der Waals surface area contributed by atoms with Crippen LogP contribution in [0.3, 0.4) is 0 Å². The fourth-order valence-electron chi connectivity index (χ4n) is 1.22. The van der Waals surface area contributed by atoms with Gasteiger partial charge in [-0.25, -0.2) is 0 Å². The lowest BCUT2D eigenvalue weighted by Crippen LogP contribution is -2.17. The molecule has 1 rings (SSSR count). The molecule has 0 unspecified atom stereocenters. The van der Waals surface area contributed by atoms with Crippen LogP contribution in [0.2, 0.25) is 0 Å². The largest absolute Gasteiger partial charge is 0.573 e. The molecule has 19 heavy (non-hydrogen) atoms. The molecule has 0 amide bonds. The van der Waals surface area contributed by atoms with Gasteiger partial charge in [-0.3, -0.25) is 0 Å². The molecule has 106 valence electrons. The molecule has 0 radical (unpaired) electrons. The fraction of sp³-hybridized carbons (Fsp3) is 0.364. The van der Waals surface area contributed by atoms with Crippen LogP contribution in [0.15, 0.2) is 22.7 Å². The Morgan fingerprint density at radius 1 is 1.37 bits per heavy atom. The van der Waals surface area contributed by atoms with E-state index in [0.29, 0.717) is 30.2 Å². The smallest absolute Gasteiger partial charge is 0.494 e. The quantitative estimate of drug-likeness (QED) is 0.621. The Morgan fingerprint density at radius 2 is 2.05 bits per heavy atom. The maximum atomic E-state index is 12.0. The summed E-state index contributed by atoms with van der Waals surface area (Å²) in [5.41, 5.74) is 5.32. The van der Waals surface area contributed by atoms with Gasteiger partial charge >= 0.3 is 6.36 Å². The second kappa shape index (κ2) is 6.95. The van der Waals surface area contributed by atoms with Crippen LogP contribution in [0.5, 0.6) is 11.5 Å². The molecule has 0 aliphatic carbocycles. The number of nitrogens with two attached hydrogens (primary N) is 1. The zero-order valence-electron chi connectivity index (χ0n) is 9.67. The van der Waals surface area contributed by atoms with Crippen molar-refractivity contribution in [2.75, 3.05) is 6.61 Å². The van der Waals surface area contributed by atoms with E-state index in [1.54, 1.807) is 0 Å². The van der Waals surface area contributed by atoms with Crippen LogP contribution in [0.1, 0.15) is 12.8 Å². The Hall–Kier alpha value is -1.02. The number of alkyl halides is 3. The predicted octanol–water partition coefficient (Wildman–Crippen LogP) is 3.79. The Bertz CT molecular complexity index is 454. The zero-order valence-corrected chi connectivity index (χ0v) is 12.1. The van der Waals surface area contributed by atoms with E-state index in [1.165, 1.54) is 18.2 Å². The van der Waals surface area contributed by atoms with E-state index in [1.807, 2.05) is 0 Å². The molecule has 1 aromatic carbocycles. The molecular weight excluding hydrogens is 347 g/mol. The van der Waals surface area contributed by atoms with E-state index in [9.17, 15) is 13.2 Å². The molecule has 2 N–H and O–H groups in total. The third kappa shape index (κ3) is 6.63. The van der Waals surface area contributed by atoms with Crippen molar-refractivity contribution in [3.8, 4) is 11.5 Å². The molecule has 0 bridgehead atoms. The highest BCUT2D eigenvalue weighted by Gasteiger charge is 2.31. The minimum atomic E-state index is -4.72. The maximum absolute atomic E-state index is 12.0. The molecule has 0 saturated carbocycles. The van der Waals surface area contributed by atoms with Gasteiger partial charge in [0.05, 0.1) is 16.1 Å². The molecular formula is C11H11BrF3NO2S. The van der Waals surface area contributed by atoms with E-state index in [2.05, 4.69) is 20.7 Å². The monoisotopic (exact) mass is 357 g/mol. The van der Waals surface area contributed by atoms with Crippen LogP contribution in [-0.2, 0) is 0 Å². The summed E-state index contributed by atoms with van der Waals surface area (Å²) >= 11 is 7.69. The van der Waals surface area contributed by atoms with Gasteiger partial charge in [-0.2, -0.15) is 0 Å². The molecule has 0 aliphatic rings. The number of ether oxygens (including phenoxy) is 2. The van der Waals surface area contributed by atoms with Crippen LogP contribution < -0.4 is 15.2 Å². The summed E-state index contributed by atoms with van der Waals surface area (Å²) in [5.74, 6) is 0.118. The lowest BCUT2D eigenvalue weighted by molar-refractivity contribution is -0.274. The summed E-state index contributed by atoms with van der Waals surface area (Å²) in [6.07, 6.45) is -3.51. The molecule has 0 aromatic heterocycles. The minimum Gasteiger partial charge on any atom is -0.494 e. The number of thiocarbonyl (C=S) groups is 1. The van der Waals surface area contributed by atoms with Crippen molar-refractivity contribution in [3.05, 3.63) is 22.7 Å². The molecule has 0 aliphatic heterocycles. The van der Waals surface area contributed by atoms with Crippen molar-refractivity contribution in [1.29, 1.82) is 0 Å². The molecule has 8 heteroatoms. The van der Waals surface area contributed by atoms with Gasteiger partial charge in [-0.1, -0.05) is 12.2 Å². The Kier molecular flexibility index (Phi) is 5.86. The van der Waals surface area contributed by atoms with E-state index in [4.69, 9.17) is 22.7 Å². The summed E-state index contributed by atoms with van der Waals surface area (Å²) < 4.78 is 45.5. The summed E-state index contributed by atoms with van der Waals surface area (Å²) in [4.78, 5) is 0.402. The number of halogens is 4. The van der Waals surface area contributed by atoms with Gasteiger partial charge in [0.25, 0.3) is 0 Å². The molecule has 1 aromatic rings. The van der Waals surface area contributed by atoms with Crippen LogP contribution >= 0.6 is 28.1 Å². The first kappa shape index (κ1) is 16.0. The topological polar surface area (TPSA) is 44.5 Å². The molecule has 3 nitrogen and oxygen atoms in total. The van der Waals surface area contributed by atoms with Gasteiger partial charge in [0.15, 0.2) is 0 Å². The summed E-state index contributed by atoms with van der Waals surface area (Å²) in [7, 11) is 0. The summed E-state index contributed by atoms with van der Waals surface area (Å²) in [6, 6.07) is 3.98. The van der Waals surface area contributed by atoms with Gasteiger partial charge in [0.2, 0.25) is 0 Å². The second-order valence-corrected chi connectivity index (χ2v) is 4.94. The third-order valence-electron chi connectivity index (χ3n) is 1.97. The first-order valence-corrected chi connectivity index (χ1v) is 6.44. The minimum absolute atomic E-state index is 0.164. The van der Waals surface area contributed by atoms with Gasteiger partial charge in [-0.05, 0) is 40.5 Å². The highest BCUT2D eigenvalue weighted by atomic mass is 79.9. The molecule has 0 fully saturated rings. The van der Waals surface area contributed by atoms with Crippen LogP contribution in [0.4, 0.5) is 13.2 Å². The lowest BCUT2D eigenvalue weighted by atomic mass is 10.3. The van der Waals surface area contributed by atoms with Crippen molar-refractivity contribution in [1.82, 2.24) is 0 Å². The van der Waals surface area contributed by atoms with Crippen LogP contribution in [-0.4, -0.2) is 18.0 Å². The number of hydrogen-bond acceptors (Lipinski definition) is 3. The number of benzene rings is 1. The van der Waals surface area contributed by atoms with Gasteiger partial charge in [0.1, 0.15) is 11.5 Å². The van der Waals surface area contributed by atoms with Crippen molar-refractivity contribution >= 4 is 33.1 Å². The second-order valence-electron chi connectivity index (χ2n) is 3.56. The Morgan fingerprint density at radius 3 is 2.58 bits per heavy atom. The Labute approximate surface area is 122 Å². The number of hydrogen-bond donors (Lipinski definition) is 1. The molecule has 0 saturated heterocycles. The van der Waals surface area contributed by atoms with E-state index >= 15 is 0 Å². The van der Waals surface area contributed by atoms with Crippen LogP contribution in [0, 0.1) is 0 Å². The summed E-state index contributed by atoms with van der Waals surface area (Å²) in [5, 5.41) is 0. The average molecular weight is 358 g/mol. The molecule has 0 spiro atoms. The van der Waals surface area contributed by atoms with Crippen LogP contribution in [0.25, 0.3) is 0 Å². The zero-order chi connectivity index (χ0) is 14.5. The average Bonchev–Trinajstić information content (AvgIpc) is 2.26. The van der Waals surface area contributed by atoms with Crippen molar-refractivity contribution in [3.63, 3.8) is 0 Å². The standard InChI is InChI=1S/C11H11BrF3NO2S/c12-8-6-7(17-5-1-2-10(16)19)3-4-9(8)18-11(13,14)15/h3-4,6H,1-2,5H2,(H2,16,19). The van der Waals surface area contributed by atoms with Crippen molar-refractivity contribution in [2.24, 2.45) is 5.73 Å². The fourth-order valence-corrected chi connectivity index (χ4v) is 1.80. The lowest BCUT2D eigenvalue weighted by Gasteiger charge is -2.12. The summed E-state index contributed by atoms with van der Waals surface area (Å²) in [6.45, 7) is 0.378. The normalized spacial score (nSPS) is 11.2. The first-order valence-electron chi connectivity index (χ1n) is 5.24. The van der Waals surface area contributed by atoms with Gasteiger partial charge < -0.3 is 15.2 Å². The maximum Gasteiger partial charge on any atom is 0.573 e. The predicted molar refractivity (Wildman–Crippen MR) is 72.3 cm³/mol. The SMILES string of the molecule is NC(=S)CCCOc1ccc(OC(F)(F)F)c(Br)c1. The third-order valence-corrected chi connectivity index (χ3v) is 2.79. The highest BCUT2D eigenvalue weighted by Crippen LogP contribution is 2.33. The van der Waals surface area contributed by atoms with Crippen molar-refractivity contribution < 1.29 is 22.6 Å². The molecule has 0 heterocycles. The van der Waals surface area contributed by atoms with Gasteiger partial charge in [-0.15, -0.1) is 13.2 Å². The molecule has 0 atom stereocenters. The van der Waals surface area contributed by atoms with Gasteiger partial charge in [0, 0.05) is 6.42 Å². The van der Waals surface area contributed by atoms with Crippen molar-refractivity contribution in [2.45, 2.75) is 19.2 Å². The van der Waals surface area contributed by atoms with E-state index in [0.717, 1.165) is 0 Å².